The molecule has 10 heavy (non-hydrogen) atoms. The van der Waals surface area contributed by atoms with Crippen LogP contribution in [0.5, 0.6) is 0 Å². The lowest BCUT2D eigenvalue weighted by molar-refractivity contribution is 0.674. The Hall–Kier alpha value is -0.500. The van der Waals surface area contributed by atoms with Crippen LogP contribution in [0.3, 0.4) is 0 Å². The van der Waals surface area contributed by atoms with Gasteiger partial charge in [0.1, 0.15) is 0 Å². The molecule has 0 atom stereocenters. The third kappa shape index (κ3) is 25.9. The minimum absolute atomic E-state index is 0.861. The van der Waals surface area contributed by atoms with E-state index in [4.69, 9.17) is 5.73 Å². The maximum atomic E-state index is 5.27. The molecule has 0 rings (SSSR count). The van der Waals surface area contributed by atoms with Crippen LogP contribution in [0.1, 0.15) is 32.6 Å². The van der Waals surface area contributed by atoms with Crippen molar-refractivity contribution in [1.29, 1.82) is 0 Å². The van der Waals surface area contributed by atoms with Gasteiger partial charge in [0, 0.05) is 0 Å². The molecule has 0 aromatic carbocycles. The Balaban J connectivity index is 0. The minimum atomic E-state index is 0.861. The summed E-state index contributed by atoms with van der Waals surface area (Å²) in [4.78, 5) is 0. The Morgan fingerprint density at radius 2 is 1.80 bits per heavy atom. The zero-order chi connectivity index (χ0) is 8.24. The molecule has 0 aliphatic carbocycles. The fourth-order valence-corrected chi connectivity index (χ4v) is 0.571. The summed E-state index contributed by atoms with van der Waals surface area (Å²) >= 11 is 0. The average molecular weight is 144 g/mol. The summed E-state index contributed by atoms with van der Waals surface area (Å²) in [6.07, 6.45) is 6.41. The third-order valence-electron chi connectivity index (χ3n) is 1.06. The maximum absolute atomic E-state index is 5.27. The minimum Gasteiger partial charge on any atom is -0.405 e. The third-order valence-corrected chi connectivity index (χ3v) is 1.06. The first-order valence-electron chi connectivity index (χ1n) is 3.86. The number of unbranched alkanes of at least 4 members (excludes halogenated alkanes) is 3. The van der Waals surface area contributed by atoms with Crippen LogP contribution >= 0.6 is 0 Å². The van der Waals surface area contributed by atoms with Gasteiger partial charge in [0.2, 0.25) is 0 Å². The highest BCUT2D eigenvalue weighted by atomic mass is 14.5. The smallest absolute Gasteiger partial charge is 0.00773 e. The van der Waals surface area contributed by atoms with Crippen molar-refractivity contribution < 1.29 is 0 Å². The highest BCUT2D eigenvalue weighted by molar-refractivity contribution is 4.48. The molecule has 0 aliphatic rings. The molecule has 0 aromatic heterocycles. The molecule has 0 bridgehead atoms. The van der Waals surface area contributed by atoms with Gasteiger partial charge in [-0.15, -0.1) is 0 Å². The van der Waals surface area contributed by atoms with Crippen LogP contribution in [-0.4, -0.2) is 6.54 Å². The molecule has 0 saturated heterocycles. The van der Waals surface area contributed by atoms with E-state index in [2.05, 4.69) is 19.2 Å². The van der Waals surface area contributed by atoms with Crippen LogP contribution in [-0.2, 0) is 0 Å². The summed E-state index contributed by atoms with van der Waals surface area (Å²) in [5, 5.41) is 0. The van der Waals surface area contributed by atoms with E-state index in [1.807, 2.05) is 0 Å². The van der Waals surface area contributed by atoms with Gasteiger partial charge >= 0.3 is 0 Å². The lowest BCUT2D eigenvalue weighted by Crippen LogP contribution is -1.97. The summed E-state index contributed by atoms with van der Waals surface area (Å²) in [5.41, 5.74) is 9.88. The van der Waals surface area contributed by atoms with E-state index in [0.29, 0.717) is 0 Å². The SMILES string of the molecule is C=CN.CCCCCCN. The predicted molar refractivity (Wildman–Crippen MR) is 47.6 cm³/mol. The van der Waals surface area contributed by atoms with Crippen LogP contribution in [0.15, 0.2) is 12.8 Å². The van der Waals surface area contributed by atoms with Gasteiger partial charge in [0.05, 0.1) is 0 Å². The predicted octanol–water partition coefficient (Wildman–Crippen LogP) is 1.61. The maximum Gasteiger partial charge on any atom is -0.00773 e. The van der Waals surface area contributed by atoms with Crippen molar-refractivity contribution in [1.82, 2.24) is 0 Å². The highest BCUT2D eigenvalue weighted by Gasteiger charge is 1.80. The van der Waals surface area contributed by atoms with Crippen LogP contribution in [0.2, 0.25) is 0 Å². The van der Waals surface area contributed by atoms with E-state index in [1.54, 1.807) is 0 Å². The van der Waals surface area contributed by atoms with E-state index in [1.165, 1.54) is 31.9 Å². The Morgan fingerprint density at radius 3 is 2.10 bits per heavy atom. The molecule has 2 heteroatoms. The van der Waals surface area contributed by atoms with Crippen molar-refractivity contribution in [2.24, 2.45) is 11.5 Å². The Bertz CT molecular complexity index is 49.2. The molecule has 4 N–H and O–H groups in total. The van der Waals surface area contributed by atoms with Crippen LogP contribution in [0, 0.1) is 0 Å². The summed E-state index contributed by atoms with van der Waals surface area (Å²) in [7, 11) is 0. The van der Waals surface area contributed by atoms with Gasteiger partial charge in [-0.3, -0.25) is 0 Å². The van der Waals surface area contributed by atoms with E-state index < -0.39 is 0 Å². The molecule has 0 fully saturated rings. The zero-order valence-electron chi connectivity index (χ0n) is 6.97. The molecule has 0 spiro atoms. The molecular weight excluding hydrogens is 124 g/mol. The first-order valence-corrected chi connectivity index (χ1v) is 3.86. The summed E-state index contributed by atoms with van der Waals surface area (Å²) in [6, 6.07) is 0. The summed E-state index contributed by atoms with van der Waals surface area (Å²) < 4.78 is 0. The Morgan fingerprint density at radius 1 is 1.30 bits per heavy atom. The molecule has 2 nitrogen and oxygen atoms in total. The fourth-order valence-electron chi connectivity index (χ4n) is 0.571. The van der Waals surface area contributed by atoms with Crippen molar-refractivity contribution in [3.63, 3.8) is 0 Å². The van der Waals surface area contributed by atoms with Gasteiger partial charge in [0.15, 0.2) is 0 Å². The van der Waals surface area contributed by atoms with Crippen molar-refractivity contribution in [2.75, 3.05) is 6.54 Å². The lowest BCUT2D eigenvalue weighted by atomic mass is 10.2. The number of nitrogens with two attached hydrogens (primary N) is 2. The number of hydrogen-bond acceptors (Lipinski definition) is 2. The topological polar surface area (TPSA) is 52.0 Å². The molecule has 0 saturated carbocycles. The van der Waals surface area contributed by atoms with Gasteiger partial charge < -0.3 is 11.5 Å². The van der Waals surface area contributed by atoms with Crippen molar-refractivity contribution >= 4 is 0 Å². The first-order chi connectivity index (χ1) is 4.83. The van der Waals surface area contributed by atoms with Crippen LogP contribution in [0.25, 0.3) is 0 Å². The zero-order valence-corrected chi connectivity index (χ0v) is 6.97. The monoisotopic (exact) mass is 144 g/mol. The molecule has 62 valence electrons. The summed E-state index contributed by atoms with van der Waals surface area (Å²) in [5.74, 6) is 0. The second-order valence-electron chi connectivity index (χ2n) is 2.09. The normalized spacial score (nSPS) is 7.80. The number of rotatable bonds is 4. The van der Waals surface area contributed by atoms with E-state index in [0.717, 1.165) is 6.54 Å². The summed E-state index contributed by atoms with van der Waals surface area (Å²) in [6.45, 7) is 6.20. The standard InChI is InChI=1S/C6H15N.C2H5N/c1-2-3-4-5-6-7;1-2-3/h2-7H2,1H3;2H,1,3H2. The van der Waals surface area contributed by atoms with E-state index in [-0.39, 0.29) is 0 Å². The Kier molecular flexibility index (Phi) is 19.3. The van der Waals surface area contributed by atoms with E-state index >= 15 is 0 Å². The van der Waals surface area contributed by atoms with Crippen molar-refractivity contribution in [3.05, 3.63) is 12.8 Å². The molecule has 0 aliphatic heterocycles. The van der Waals surface area contributed by atoms with Gasteiger partial charge in [0.25, 0.3) is 0 Å². The van der Waals surface area contributed by atoms with Gasteiger partial charge in [-0.1, -0.05) is 32.8 Å². The number of hydrogen-bond donors (Lipinski definition) is 2. The molecule has 0 aromatic rings. The molecule has 0 radical (unpaired) electrons. The first kappa shape index (κ1) is 12.2. The fraction of sp³-hybridized carbons (Fsp3) is 0.750. The molecular formula is C8H20N2. The van der Waals surface area contributed by atoms with Crippen molar-refractivity contribution in [3.8, 4) is 0 Å². The quantitative estimate of drug-likeness (QED) is 0.589. The molecule has 0 unspecified atom stereocenters. The average Bonchev–Trinajstić information content (AvgIpc) is 1.91. The Labute approximate surface area is 64.3 Å². The second kappa shape index (κ2) is 15.8. The van der Waals surface area contributed by atoms with Crippen molar-refractivity contribution in [2.45, 2.75) is 32.6 Å². The second-order valence-corrected chi connectivity index (χ2v) is 2.09. The van der Waals surface area contributed by atoms with E-state index in [9.17, 15) is 0 Å². The van der Waals surface area contributed by atoms with Crippen LogP contribution < -0.4 is 11.5 Å². The van der Waals surface area contributed by atoms with Gasteiger partial charge in [-0.05, 0) is 19.2 Å². The largest absolute Gasteiger partial charge is 0.405 e. The lowest BCUT2D eigenvalue weighted by Gasteiger charge is -1.90. The molecule has 0 amide bonds. The van der Waals surface area contributed by atoms with Gasteiger partial charge in [-0.2, -0.15) is 0 Å². The molecule has 0 heterocycles. The highest BCUT2D eigenvalue weighted by Crippen LogP contribution is 1.95. The van der Waals surface area contributed by atoms with Crippen LogP contribution in [0.4, 0.5) is 0 Å². The van der Waals surface area contributed by atoms with Gasteiger partial charge in [-0.25, -0.2) is 0 Å².